The van der Waals surface area contributed by atoms with Crippen LogP contribution >= 0.6 is 0 Å². The summed E-state index contributed by atoms with van der Waals surface area (Å²) in [5.41, 5.74) is 0. The van der Waals surface area contributed by atoms with E-state index in [0.29, 0.717) is 0 Å². The molecule has 0 fully saturated rings. The van der Waals surface area contributed by atoms with Crippen molar-refractivity contribution in [3.63, 3.8) is 0 Å². The van der Waals surface area contributed by atoms with E-state index in [1.165, 1.54) is 0 Å². The van der Waals surface area contributed by atoms with Gasteiger partial charge in [0.05, 0.1) is 6.26 Å². The Morgan fingerprint density at radius 3 is 1.89 bits per heavy atom. The molecular weight excluding hydrogens is 260 g/mol. The quantitative estimate of drug-likeness (QED) is 0.398. The van der Waals surface area contributed by atoms with Gasteiger partial charge in [-0.25, -0.2) is 0 Å². The first-order valence-electron chi connectivity index (χ1n) is 1.93. The first-order chi connectivity index (χ1) is 3.00. The fourth-order valence-electron chi connectivity index (χ4n) is 0.346. The van der Waals surface area contributed by atoms with Crippen LogP contribution in [0.25, 0.3) is 0 Å². The van der Waals surface area contributed by atoms with E-state index in [2.05, 4.69) is 0 Å². The molecule has 0 radical (unpaired) electrons. The Bertz CT molecular complexity index is 81.0. The molecule has 0 N–H and O–H groups in total. The fraction of sp³-hybridized carbons (Fsp3) is 0.200. The van der Waals surface area contributed by atoms with E-state index in [1.807, 2.05) is 18.2 Å². The predicted molar refractivity (Wildman–Crippen MR) is 30.0 cm³/mol. The Morgan fingerprint density at radius 1 is 1.11 bits per heavy atom. The van der Waals surface area contributed by atoms with Gasteiger partial charge in [-0.3, -0.25) is 0 Å². The number of hydrogen-bond acceptors (Lipinski definition) is 1. The summed E-state index contributed by atoms with van der Waals surface area (Å²) < 4.78 is 4.80. The molecule has 0 aromatic carbocycles. The Labute approximate surface area is 92.2 Å². The van der Waals surface area contributed by atoms with Crippen LogP contribution in [-0.2, 0) is 4.74 Å². The standard InChI is InChI=1S/C5H6O.2BrH.Mg/c1-2-4-6-5-3-1;;;/h1-4H,5H2;2*1H;/q;;;+2/p-2. The van der Waals surface area contributed by atoms with E-state index in [4.69, 9.17) is 4.74 Å². The van der Waals surface area contributed by atoms with E-state index >= 15 is 0 Å². The van der Waals surface area contributed by atoms with Gasteiger partial charge in [-0.2, -0.15) is 0 Å². The Morgan fingerprint density at radius 2 is 1.78 bits per heavy atom. The smallest absolute Gasteiger partial charge is 1.00 e. The van der Waals surface area contributed by atoms with E-state index in [-0.39, 0.29) is 57.0 Å². The van der Waals surface area contributed by atoms with Crippen molar-refractivity contribution in [2.75, 3.05) is 6.61 Å². The third-order valence-electron chi connectivity index (χ3n) is 0.614. The second-order valence-electron chi connectivity index (χ2n) is 1.09. The van der Waals surface area contributed by atoms with Crippen LogP contribution in [0.1, 0.15) is 0 Å². The summed E-state index contributed by atoms with van der Waals surface area (Å²) in [6.45, 7) is 0.733. The van der Waals surface area contributed by atoms with E-state index in [9.17, 15) is 0 Å². The predicted octanol–water partition coefficient (Wildman–Crippen LogP) is -5.29. The molecule has 1 heterocycles. The number of rotatable bonds is 0. The fourth-order valence-corrected chi connectivity index (χ4v) is 0.346. The molecule has 1 aliphatic rings. The van der Waals surface area contributed by atoms with Crippen LogP contribution in [0.4, 0.5) is 0 Å². The molecule has 9 heavy (non-hydrogen) atoms. The van der Waals surface area contributed by atoms with Crippen molar-refractivity contribution in [2.24, 2.45) is 0 Å². The van der Waals surface area contributed by atoms with Crippen molar-refractivity contribution < 1.29 is 38.7 Å². The molecule has 1 nitrogen and oxygen atoms in total. The second-order valence-corrected chi connectivity index (χ2v) is 1.09. The van der Waals surface area contributed by atoms with Gasteiger partial charge < -0.3 is 38.7 Å². The Hall–Kier alpha value is 1.01. The van der Waals surface area contributed by atoms with E-state index in [1.54, 1.807) is 6.26 Å². The van der Waals surface area contributed by atoms with Crippen molar-refractivity contribution in [1.29, 1.82) is 0 Å². The molecule has 0 unspecified atom stereocenters. The second kappa shape index (κ2) is 11.8. The zero-order valence-corrected chi connectivity index (χ0v) is 9.47. The molecule has 48 valence electrons. The third kappa shape index (κ3) is 9.01. The van der Waals surface area contributed by atoms with Crippen LogP contribution < -0.4 is 34.0 Å². The first kappa shape index (κ1) is 16.5. The van der Waals surface area contributed by atoms with Crippen molar-refractivity contribution in [2.45, 2.75) is 0 Å². The van der Waals surface area contributed by atoms with Crippen molar-refractivity contribution >= 4 is 23.1 Å². The van der Waals surface area contributed by atoms with Crippen LogP contribution in [0, 0.1) is 0 Å². The molecule has 0 spiro atoms. The Kier molecular flexibility index (Phi) is 21.6. The van der Waals surface area contributed by atoms with Crippen LogP contribution in [0.3, 0.4) is 0 Å². The number of hydrogen-bond donors (Lipinski definition) is 0. The molecule has 0 amide bonds. The molecule has 4 heteroatoms. The first-order valence-corrected chi connectivity index (χ1v) is 1.93. The van der Waals surface area contributed by atoms with Gasteiger partial charge in [-0.05, 0) is 12.2 Å². The molecule has 0 atom stereocenters. The molecule has 0 aliphatic carbocycles. The summed E-state index contributed by atoms with van der Waals surface area (Å²) in [4.78, 5) is 0. The minimum atomic E-state index is 0. The molecular formula is C5H6Br2MgO. The number of ether oxygens (including phenoxy) is 1. The molecule has 0 saturated carbocycles. The van der Waals surface area contributed by atoms with Crippen molar-refractivity contribution in [3.8, 4) is 0 Å². The molecule has 0 bridgehead atoms. The van der Waals surface area contributed by atoms with Crippen LogP contribution in [0.15, 0.2) is 24.5 Å². The normalized spacial score (nSPS) is 11.6. The van der Waals surface area contributed by atoms with Gasteiger partial charge >= 0.3 is 23.1 Å². The van der Waals surface area contributed by atoms with Crippen LogP contribution in [-0.4, -0.2) is 29.7 Å². The van der Waals surface area contributed by atoms with Crippen LogP contribution in [0.5, 0.6) is 0 Å². The molecule has 1 rings (SSSR count). The van der Waals surface area contributed by atoms with Crippen molar-refractivity contribution in [3.05, 3.63) is 24.5 Å². The maximum absolute atomic E-state index is 4.80. The van der Waals surface area contributed by atoms with Gasteiger partial charge in [-0.1, -0.05) is 6.08 Å². The molecule has 0 aromatic heterocycles. The molecule has 0 aromatic rings. The van der Waals surface area contributed by atoms with Gasteiger partial charge in [-0.15, -0.1) is 0 Å². The zero-order valence-electron chi connectivity index (χ0n) is 4.89. The van der Waals surface area contributed by atoms with Crippen molar-refractivity contribution in [1.82, 2.24) is 0 Å². The summed E-state index contributed by atoms with van der Waals surface area (Å²) in [6.07, 6.45) is 7.47. The average molecular weight is 266 g/mol. The molecule has 0 saturated heterocycles. The minimum Gasteiger partial charge on any atom is -1.00 e. The zero-order chi connectivity index (χ0) is 4.24. The summed E-state index contributed by atoms with van der Waals surface area (Å²) in [7, 11) is 0. The van der Waals surface area contributed by atoms with Gasteiger partial charge in [0.15, 0.2) is 0 Å². The summed E-state index contributed by atoms with van der Waals surface area (Å²) in [5, 5.41) is 0. The number of allylic oxidation sites excluding steroid dienone is 2. The average Bonchev–Trinajstić information content (AvgIpc) is 1.72. The van der Waals surface area contributed by atoms with Gasteiger partial charge in [0.25, 0.3) is 0 Å². The summed E-state index contributed by atoms with van der Waals surface area (Å²) in [6, 6.07) is 0. The number of halogens is 2. The van der Waals surface area contributed by atoms with Gasteiger partial charge in [0.1, 0.15) is 6.61 Å². The maximum Gasteiger partial charge on any atom is 2.00 e. The van der Waals surface area contributed by atoms with E-state index in [0.717, 1.165) is 6.61 Å². The minimum absolute atomic E-state index is 0. The largest absolute Gasteiger partial charge is 2.00 e. The molecule has 1 aliphatic heterocycles. The third-order valence-corrected chi connectivity index (χ3v) is 0.614. The van der Waals surface area contributed by atoms with Gasteiger partial charge in [0.2, 0.25) is 0 Å². The van der Waals surface area contributed by atoms with E-state index < -0.39 is 0 Å². The Balaban J connectivity index is -0.000000120. The topological polar surface area (TPSA) is 9.23 Å². The SMILES string of the molecule is C1=CCOC=C1.[Br-].[Br-].[Mg+2]. The summed E-state index contributed by atoms with van der Waals surface area (Å²) >= 11 is 0. The monoisotopic (exact) mass is 264 g/mol. The van der Waals surface area contributed by atoms with Crippen LogP contribution in [0.2, 0.25) is 0 Å². The summed E-state index contributed by atoms with van der Waals surface area (Å²) in [5.74, 6) is 0. The van der Waals surface area contributed by atoms with Gasteiger partial charge in [0, 0.05) is 0 Å². The maximum atomic E-state index is 4.80.